The molecule has 6 aromatic carbocycles. The molecular weight excluding hydrogens is 512 g/mol. The van der Waals surface area contributed by atoms with Crippen molar-refractivity contribution in [2.24, 2.45) is 0 Å². The van der Waals surface area contributed by atoms with Crippen LogP contribution in [0.2, 0.25) is 0 Å². The van der Waals surface area contributed by atoms with Gasteiger partial charge in [0.25, 0.3) is 0 Å². The van der Waals surface area contributed by atoms with Crippen molar-refractivity contribution >= 4 is 43.6 Å². The van der Waals surface area contributed by atoms with Crippen LogP contribution >= 0.6 is 0 Å². The van der Waals surface area contributed by atoms with Gasteiger partial charge in [-0.2, -0.15) is 10.5 Å². The summed E-state index contributed by atoms with van der Waals surface area (Å²) < 4.78 is 4.44. The van der Waals surface area contributed by atoms with Crippen LogP contribution in [-0.4, -0.2) is 9.13 Å². The summed E-state index contributed by atoms with van der Waals surface area (Å²) in [5.41, 5.74) is 9.50. The smallest absolute Gasteiger partial charge is 0.101 e. The number of hydrogen-bond acceptors (Lipinski definition) is 2. The Labute approximate surface area is 242 Å². The van der Waals surface area contributed by atoms with Crippen molar-refractivity contribution in [1.82, 2.24) is 9.13 Å². The zero-order valence-electron chi connectivity index (χ0n) is 22.5. The van der Waals surface area contributed by atoms with E-state index in [1.165, 1.54) is 21.9 Å². The average Bonchev–Trinajstić information content (AvgIpc) is 3.57. The molecule has 0 atom stereocenters. The van der Waals surface area contributed by atoms with Gasteiger partial charge in [0.15, 0.2) is 0 Å². The second-order valence-corrected chi connectivity index (χ2v) is 10.4. The molecule has 8 rings (SSSR count). The minimum Gasteiger partial charge on any atom is -0.309 e. The molecule has 0 spiro atoms. The van der Waals surface area contributed by atoms with Crippen LogP contribution in [0.1, 0.15) is 11.1 Å². The normalized spacial score (nSPS) is 11.3. The maximum Gasteiger partial charge on any atom is 0.101 e. The van der Waals surface area contributed by atoms with Gasteiger partial charge in [0.1, 0.15) is 6.07 Å². The predicted octanol–water partition coefficient (Wildman–Crippen LogP) is 9.29. The lowest BCUT2D eigenvalue weighted by Gasteiger charge is -2.11. The number of aromatic nitrogens is 2. The van der Waals surface area contributed by atoms with Gasteiger partial charge in [0.2, 0.25) is 0 Å². The van der Waals surface area contributed by atoms with E-state index in [0.29, 0.717) is 16.8 Å². The van der Waals surface area contributed by atoms with E-state index in [0.717, 1.165) is 38.6 Å². The first-order valence-corrected chi connectivity index (χ1v) is 13.8. The molecule has 0 unspecified atom stereocenters. The Bertz CT molecular complexity index is 2430. The molecule has 2 aromatic heterocycles. The van der Waals surface area contributed by atoms with Gasteiger partial charge in [0, 0.05) is 27.2 Å². The summed E-state index contributed by atoms with van der Waals surface area (Å²) in [5, 5.41) is 24.2. The van der Waals surface area contributed by atoms with Gasteiger partial charge >= 0.3 is 0 Å². The van der Waals surface area contributed by atoms with Crippen molar-refractivity contribution in [1.29, 1.82) is 10.5 Å². The molecule has 0 N–H and O–H groups in total. The van der Waals surface area contributed by atoms with E-state index < -0.39 is 0 Å². The number of nitrogens with zero attached hydrogens (tertiary/aromatic N) is 4. The maximum atomic E-state index is 9.94. The summed E-state index contributed by atoms with van der Waals surface area (Å²) in [6, 6.07) is 50.2. The second kappa shape index (κ2) is 9.24. The lowest BCUT2D eigenvalue weighted by Crippen LogP contribution is -1.98. The van der Waals surface area contributed by atoms with E-state index in [2.05, 4.69) is 118 Å². The number of fused-ring (bicyclic) bond motifs is 6. The molecule has 42 heavy (non-hydrogen) atoms. The van der Waals surface area contributed by atoms with Gasteiger partial charge in [-0.3, -0.25) is 0 Å². The fraction of sp³-hybridized carbons (Fsp3) is 0. The Hall–Kier alpha value is -6.10. The monoisotopic (exact) mass is 534 g/mol. The van der Waals surface area contributed by atoms with Gasteiger partial charge in [0.05, 0.1) is 45.0 Å². The van der Waals surface area contributed by atoms with Crippen LogP contribution in [0, 0.1) is 22.7 Å². The molecular formula is C38H22N4. The summed E-state index contributed by atoms with van der Waals surface area (Å²) in [7, 11) is 0. The lowest BCUT2D eigenvalue weighted by atomic mass is 9.98. The van der Waals surface area contributed by atoms with E-state index in [9.17, 15) is 10.5 Å². The molecule has 0 saturated heterocycles. The Morgan fingerprint density at radius 3 is 1.95 bits per heavy atom. The van der Waals surface area contributed by atoms with Crippen LogP contribution in [0.15, 0.2) is 133 Å². The zero-order valence-corrected chi connectivity index (χ0v) is 22.5. The molecule has 0 aliphatic carbocycles. The van der Waals surface area contributed by atoms with Gasteiger partial charge in [-0.1, -0.05) is 72.8 Å². The van der Waals surface area contributed by atoms with E-state index >= 15 is 0 Å². The number of para-hydroxylation sites is 3. The van der Waals surface area contributed by atoms with Crippen molar-refractivity contribution in [3.63, 3.8) is 0 Å². The largest absolute Gasteiger partial charge is 0.309 e. The molecule has 0 fully saturated rings. The first-order chi connectivity index (χ1) is 20.8. The maximum absolute atomic E-state index is 9.94. The fourth-order valence-corrected chi connectivity index (χ4v) is 6.40. The number of rotatable bonds is 3. The van der Waals surface area contributed by atoms with Crippen molar-refractivity contribution in [3.05, 3.63) is 145 Å². The molecule has 8 aromatic rings. The number of benzene rings is 6. The molecule has 0 aliphatic rings. The first-order valence-electron chi connectivity index (χ1n) is 13.8. The Balaban J connectivity index is 1.43. The molecule has 0 amide bonds. The van der Waals surface area contributed by atoms with Crippen LogP contribution in [0.25, 0.3) is 66.1 Å². The third kappa shape index (κ3) is 3.40. The van der Waals surface area contributed by atoms with Crippen LogP contribution in [0.3, 0.4) is 0 Å². The third-order valence-electron chi connectivity index (χ3n) is 8.18. The minimum atomic E-state index is 0.521. The zero-order chi connectivity index (χ0) is 28.2. The van der Waals surface area contributed by atoms with E-state index in [-0.39, 0.29) is 0 Å². The predicted molar refractivity (Wildman–Crippen MR) is 170 cm³/mol. The summed E-state index contributed by atoms with van der Waals surface area (Å²) in [4.78, 5) is 0. The summed E-state index contributed by atoms with van der Waals surface area (Å²) in [5.74, 6) is 0. The highest BCUT2D eigenvalue weighted by Crippen LogP contribution is 2.41. The second-order valence-electron chi connectivity index (χ2n) is 10.4. The Kier molecular flexibility index (Phi) is 5.22. The summed E-state index contributed by atoms with van der Waals surface area (Å²) in [6.45, 7) is 0. The Morgan fingerprint density at radius 2 is 1.17 bits per heavy atom. The quantitative estimate of drug-likeness (QED) is 0.227. The molecule has 4 heteroatoms. The standard InChI is InChI=1S/C38H22N4/c39-23-25-17-18-27(24-40)37(21-25)42-33-14-6-4-11-30(33)32-22-26(19-20-35(32)42)29-13-8-16-36-38(29)31-12-5-7-15-34(31)41(36)28-9-2-1-3-10-28/h1-22H. The van der Waals surface area contributed by atoms with Gasteiger partial charge in [-0.15, -0.1) is 0 Å². The highest BCUT2D eigenvalue weighted by molar-refractivity contribution is 6.17. The topological polar surface area (TPSA) is 57.4 Å². The van der Waals surface area contributed by atoms with E-state index in [4.69, 9.17) is 0 Å². The molecule has 194 valence electrons. The highest BCUT2D eigenvalue weighted by atomic mass is 15.0. The van der Waals surface area contributed by atoms with Crippen molar-refractivity contribution in [2.45, 2.75) is 0 Å². The Morgan fingerprint density at radius 1 is 0.476 bits per heavy atom. The summed E-state index contributed by atoms with van der Waals surface area (Å²) in [6.07, 6.45) is 0. The van der Waals surface area contributed by atoms with Gasteiger partial charge < -0.3 is 9.13 Å². The average molecular weight is 535 g/mol. The third-order valence-corrected chi connectivity index (χ3v) is 8.18. The molecule has 4 nitrogen and oxygen atoms in total. The fourth-order valence-electron chi connectivity index (χ4n) is 6.40. The van der Waals surface area contributed by atoms with Crippen molar-refractivity contribution in [3.8, 4) is 34.6 Å². The molecule has 0 radical (unpaired) electrons. The van der Waals surface area contributed by atoms with Crippen LogP contribution in [0.4, 0.5) is 0 Å². The lowest BCUT2D eigenvalue weighted by molar-refractivity contribution is 1.16. The van der Waals surface area contributed by atoms with Crippen LogP contribution in [0.5, 0.6) is 0 Å². The van der Waals surface area contributed by atoms with E-state index in [1.807, 2.05) is 18.2 Å². The highest BCUT2D eigenvalue weighted by Gasteiger charge is 2.19. The van der Waals surface area contributed by atoms with Crippen molar-refractivity contribution in [2.75, 3.05) is 0 Å². The van der Waals surface area contributed by atoms with Gasteiger partial charge in [-0.25, -0.2) is 0 Å². The molecule has 2 heterocycles. The van der Waals surface area contributed by atoms with Crippen LogP contribution < -0.4 is 0 Å². The molecule has 0 bridgehead atoms. The van der Waals surface area contributed by atoms with Crippen LogP contribution in [-0.2, 0) is 0 Å². The molecule has 0 saturated carbocycles. The van der Waals surface area contributed by atoms with Gasteiger partial charge in [-0.05, 0) is 71.8 Å². The first kappa shape index (κ1) is 23.8. The van der Waals surface area contributed by atoms with Crippen molar-refractivity contribution < 1.29 is 0 Å². The molecule has 0 aliphatic heterocycles. The van der Waals surface area contributed by atoms with E-state index in [1.54, 1.807) is 18.2 Å². The number of nitriles is 2. The minimum absolute atomic E-state index is 0.521. The SMILES string of the molecule is N#Cc1ccc(C#N)c(-n2c3ccccc3c3cc(-c4cccc5c4c4ccccc4n5-c4ccccc4)ccc32)c1. The number of hydrogen-bond donors (Lipinski definition) is 0. The summed E-state index contributed by atoms with van der Waals surface area (Å²) >= 11 is 0.